The Bertz CT molecular complexity index is 757. The van der Waals surface area contributed by atoms with E-state index in [9.17, 15) is 4.79 Å². The van der Waals surface area contributed by atoms with Crippen molar-refractivity contribution in [1.29, 1.82) is 0 Å². The molecule has 1 saturated heterocycles. The number of benzene rings is 2. The second kappa shape index (κ2) is 8.23. The first kappa shape index (κ1) is 18.3. The van der Waals surface area contributed by atoms with Crippen LogP contribution in [0.1, 0.15) is 40.4 Å². The van der Waals surface area contributed by atoms with Crippen LogP contribution in [0.4, 0.5) is 0 Å². The fraction of sp³-hybridized carbons (Fsp3) is 0.381. The molecule has 1 fully saturated rings. The number of nitrogens with zero attached hydrogens (tertiary/aromatic N) is 1. The van der Waals surface area contributed by atoms with E-state index in [-0.39, 0.29) is 11.9 Å². The molecule has 0 unspecified atom stereocenters. The number of methoxy groups -OCH3 is 3. The first-order valence-electron chi connectivity index (χ1n) is 8.78. The van der Waals surface area contributed by atoms with Gasteiger partial charge in [-0.1, -0.05) is 12.1 Å². The van der Waals surface area contributed by atoms with E-state index in [1.54, 1.807) is 21.3 Å². The number of likely N-dealkylation sites (tertiary alicyclic amines) is 1. The number of hydrogen-bond acceptors (Lipinski definition) is 4. The quantitative estimate of drug-likeness (QED) is 0.790. The zero-order chi connectivity index (χ0) is 18.5. The van der Waals surface area contributed by atoms with E-state index in [0.29, 0.717) is 12.2 Å². The Balaban J connectivity index is 1.84. The van der Waals surface area contributed by atoms with Gasteiger partial charge in [0, 0.05) is 30.8 Å². The number of carbonyl (C=O) groups is 1. The van der Waals surface area contributed by atoms with Crippen molar-refractivity contribution in [3.63, 3.8) is 0 Å². The van der Waals surface area contributed by atoms with Crippen LogP contribution in [0.15, 0.2) is 42.5 Å². The highest BCUT2D eigenvalue weighted by Gasteiger charge is 2.32. The lowest BCUT2D eigenvalue weighted by molar-refractivity contribution is 0.0734. The molecule has 0 aliphatic carbocycles. The summed E-state index contributed by atoms with van der Waals surface area (Å²) in [6.07, 6.45) is 1.91. The van der Waals surface area contributed by atoms with Crippen LogP contribution in [-0.4, -0.2) is 38.7 Å². The average molecular weight is 355 g/mol. The molecule has 138 valence electrons. The van der Waals surface area contributed by atoms with Crippen molar-refractivity contribution >= 4 is 5.91 Å². The van der Waals surface area contributed by atoms with Gasteiger partial charge in [0.05, 0.1) is 26.9 Å². The van der Waals surface area contributed by atoms with Crippen LogP contribution in [-0.2, 0) is 11.3 Å². The van der Waals surface area contributed by atoms with E-state index in [2.05, 4.69) is 0 Å². The van der Waals surface area contributed by atoms with Gasteiger partial charge in [0.25, 0.3) is 5.91 Å². The molecule has 1 aliphatic rings. The Morgan fingerprint density at radius 1 is 1.08 bits per heavy atom. The molecule has 2 aromatic carbocycles. The van der Waals surface area contributed by atoms with Gasteiger partial charge in [-0.05, 0) is 42.7 Å². The van der Waals surface area contributed by atoms with Crippen molar-refractivity contribution in [2.45, 2.75) is 25.5 Å². The molecule has 0 saturated carbocycles. The van der Waals surface area contributed by atoms with E-state index in [1.807, 2.05) is 47.4 Å². The zero-order valence-electron chi connectivity index (χ0n) is 15.5. The van der Waals surface area contributed by atoms with Gasteiger partial charge < -0.3 is 19.1 Å². The van der Waals surface area contributed by atoms with Gasteiger partial charge in [-0.2, -0.15) is 0 Å². The number of rotatable bonds is 6. The van der Waals surface area contributed by atoms with Gasteiger partial charge in [0.2, 0.25) is 0 Å². The fourth-order valence-electron chi connectivity index (χ4n) is 3.50. The third-order valence-electron chi connectivity index (χ3n) is 4.83. The number of hydrogen-bond donors (Lipinski definition) is 0. The standard InChI is InChI=1S/C21H25NO4/c1-24-14-15-6-8-16(9-7-15)21(23)22-12-4-5-19(22)18-11-10-17(25-2)13-20(18)26-3/h6-11,13,19H,4-5,12,14H2,1-3H3/t19-/m1/s1. The maximum absolute atomic E-state index is 13.1. The van der Waals surface area contributed by atoms with Gasteiger partial charge in [-0.25, -0.2) is 0 Å². The molecule has 3 rings (SSSR count). The Morgan fingerprint density at radius 2 is 1.85 bits per heavy atom. The summed E-state index contributed by atoms with van der Waals surface area (Å²) in [5.41, 5.74) is 2.78. The van der Waals surface area contributed by atoms with Gasteiger partial charge in [-0.15, -0.1) is 0 Å². The summed E-state index contributed by atoms with van der Waals surface area (Å²) in [7, 11) is 4.94. The molecule has 0 bridgehead atoms. The first-order valence-corrected chi connectivity index (χ1v) is 8.78. The van der Waals surface area contributed by atoms with E-state index in [4.69, 9.17) is 14.2 Å². The largest absolute Gasteiger partial charge is 0.497 e. The van der Waals surface area contributed by atoms with Crippen molar-refractivity contribution in [2.24, 2.45) is 0 Å². The molecule has 5 nitrogen and oxygen atoms in total. The fourth-order valence-corrected chi connectivity index (χ4v) is 3.50. The lowest BCUT2D eigenvalue weighted by Gasteiger charge is -2.26. The van der Waals surface area contributed by atoms with Crippen LogP contribution in [0.3, 0.4) is 0 Å². The number of ether oxygens (including phenoxy) is 3. The van der Waals surface area contributed by atoms with Crippen LogP contribution in [0.2, 0.25) is 0 Å². The zero-order valence-corrected chi connectivity index (χ0v) is 15.5. The lowest BCUT2D eigenvalue weighted by atomic mass is 10.0. The monoisotopic (exact) mass is 355 g/mol. The third kappa shape index (κ3) is 3.68. The summed E-state index contributed by atoms with van der Waals surface area (Å²) in [5, 5.41) is 0. The molecular formula is C21H25NO4. The molecule has 2 aromatic rings. The summed E-state index contributed by atoms with van der Waals surface area (Å²) in [6, 6.07) is 13.4. The molecule has 5 heteroatoms. The molecule has 1 heterocycles. The van der Waals surface area contributed by atoms with Gasteiger partial charge >= 0.3 is 0 Å². The summed E-state index contributed by atoms with van der Waals surface area (Å²) >= 11 is 0. The van der Waals surface area contributed by atoms with Gasteiger partial charge in [0.15, 0.2) is 0 Å². The van der Waals surface area contributed by atoms with Gasteiger partial charge in [-0.3, -0.25) is 4.79 Å². The van der Waals surface area contributed by atoms with E-state index in [0.717, 1.165) is 42.0 Å². The Labute approximate surface area is 154 Å². The number of amides is 1. The highest BCUT2D eigenvalue weighted by molar-refractivity contribution is 5.94. The van der Waals surface area contributed by atoms with Crippen LogP contribution in [0, 0.1) is 0 Å². The first-order chi connectivity index (χ1) is 12.7. The second-order valence-electron chi connectivity index (χ2n) is 6.39. The molecule has 1 aliphatic heterocycles. The number of carbonyl (C=O) groups excluding carboxylic acids is 1. The minimum Gasteiger partial charge on any atom is -0.497 e. The SMILES string of the molecule is COCc1ccc(C(=O)N2CCC[C@@H]2c2ccc(OC)cc2OC)cc1. The van der Waals surface area contributed by atoms with Crippen LogP contribution >= 0.6 is 0 Å². The van der Waals surface area contributed by atoms with Gasteiger partial charge in [0.1, 0.15) is 11.5 Å². The lowest BCUT2D eigenvalue weighted by Crippen LogP contribution is -2.30. The highest BCUT2D eigenvalue weighted by atomic mass is 16.5. The van der Waals surface area contributed by atoms with Crippen molar-refractivity contribution in [1.82, 2.24) is 4.90 Å². The predicted molar refractivity (Wildman–Crippen MR) is 99.7 cm³/mol. The molecule has 26 heavy (non-hydrogen) atoms. The Hall–Kier alpha value is -2.53. The molecular weight excluding hydrogens is 330 g/mol. The van der Waals surface area contributed by atoms with Crippen LogP contribution < -0.4 is 9.47 Å². The second-order valence-corrected chi connectivity index (χ2v) is 6.39. The van der Waals surface area contributed by atoms with E-state index in [1.165, 1.54) is 0 Å². The van der Waals surface area contributed by atoms with Crippen LogP contribution in [0.25, 0.3) is 0 Å². The maximum atomic E-state index is 13.1. The van der Waals surface area contributed by atoms with Crippen molar-refractivity contribution in [3.8, 4) is 11.5 Å². The molecule has 1 amide bonds. The predicted octanol–water partition coefficient (Wildman–Crippen LogP) is 3.83. The third-order valence-corrected chi connectivity index (χ3v) is 4.83. The molecule has 0 N–H and O–H groups in total. The highest BCUT2D eigenvalue weighted by Crippen LogP contribution is 2.39. The molecule has 0 spiro atoms. The molecule has 0 aromatic heterocycles. The maximum Gasteiger partial charge on any atom is 0.254 e. The van der Waals surface area contributed by atoms with E-state index < -0.39 is 0 Å². The van der Waals surface area contributed by atoms with Crippen molar-refractivity contribution < 1.29 is 19.0 Å². The van der Waals surface area contributed by atoms with Crippen LogP contribution in [0.5, 0.6) is 11.5 Å². The topological polar surface area (TPSA) is 48.0 Å². The Morgan fingerprint density at radius 3 is 2.50 bits per heavy atom. The van der Waals surface area contributed by atoms with E-state index >= 15 is 0 Å². The average Bonchev–Trinajstić information content (AvgIpc) is 3.17. The summed E-state index contributed by atoms with van der Waals surface area (Å²) in [6.45, 7) is 1.29. The minimum absolute atomic E-state index is 0.0157. The normalized spacial score (nSPS) is 16.6. The summed E-state index contributed by atoms with van der Waals surface area (Å²) < 4.78 is 16.0. The molecule has 1 atom stereocenters. The van der Waals surface area contributed by atoms with Crippen molar-refractivity contribution in [2.75, 3.05) is 27.9 Å². The minimum atomic E-state index is 0.0157. The van der Waals surface area contributed by atoms with Crippen molar-refractivity contribution in [3.05, 3.63) is 59.2 Å². The Kier molecular flexibility index (Phi) is 5.78. The smallest absolute Gasteiger partial charge is 0.254 e. The summed E-state index contributed by atoms with van der Waals surface area (Å²) in [4.78, 5) is 15.0. The summed E-state index contributed by atoms with van der Waals surface area (Å²) in [5.74, 6) is 1.55. The molecule has 0 radical (unpaired) electrons.